The smallest absolute Gasteiger partial charge is 0.252 e. The Labute approximate surface area is 155 Å². The van der Waals surface area contributed by atoms with E-state index >= 15 is 0 Å². The number of pyridine rings is 1. The molecule has 1 amide bonds. The molecule has 3 N–H and O–H groups in total. The number of hydrogen-bond donors (Lipinski definition) is 3. The number of aromatic hydroxyl groups is 1. The summed E-state index contributed by atoms with van der Waals surface area (Å²) in [5.41, 5.74) is 1.44. The van der Waals surface area contributed by atoms with Gasteiger partial charge in [-0.3, -0.25) is 4.79 Å². The number of rotatable bonds is 5. The molecule has 1 aliphatic heterocycles. The van der Waals surface area contributed by atoms with Crippen LogP contribution in [-0.4, -0.2) is 42.2 Å². The van der Waals surface area contributed by atoms with Crippen LogP contribution in [0.1, 0.15) is 22.3 Å². The predicted molar refractivity (Wildman–Crippen MR) is 101 cm³/mol. The van der Waals surface area contributed by atoms with Gasteiger partial charge in [0.05, 0.1) is 5.56 Å². The summed E-state index contributed by atoms with van der Waals surface area (Å²) in [6.07, 6.45) is 2.61. The van der Waals surface area contributed by atoms with Crippen molar-refractivity contribution in [3.63, 3.8) is 0 Å². The van der Waals surface area contributed by atoms with Crippen molar-refractivity contribution in [2.45, 2.75) is 19.0 Å². The fourth-order valence-electron chi connectivity index (χ4n) is 2.94. The van der Waals surface area contributed by atoms with Gasteiger partial charge in [-0.1, -0.05) is 15.9 Å². The number of hydrogen-bond acceptors (Lipinski definition) is 5. The van der Waals surface area contributed by atoms with Crippen molar-refractivity contribution in [3.05, 3.63) is 52.1 Å². The van der Waals surface area contributed by atoms with Gasteiger partial charge in [-0.25, -0.2) is 4.98 Å². The third kappa shape index (κ3) is 4.29. The summed E-state index contributed by atoms with van der Waals surface area (Å²) in [6.45, 7) is 2.38. The van der Waals surface area contributed by atoms with Gasteiger partial charge < -0.3 is 20.6 Å². The highest BCUT2D eigenvalue weighted by atomic mass is 79.9. The molecule has 0 spiro atoms. The minimum absolute atomic E-state index is 0.131. The predicted octanol–water partition coefficient (Wildman–Crippen LogP) is 2.28. The highest BCUT2D eigenvalue weighted by molar-refractivity contribution is 9.10. The minimum Gasteiger partial charge on any atom is -0.508 e. The van der Waals surface area contributed by atoms with Crippen LogP contribution >= 0.6 is 15.9 Å². The molecule has 0 bridgehead atoms. The first-order valence-corrected chi connectivity index (χ1v) is 9.00. The van der Waals surface area contributed by atoms with Crippen LogP contribution in [0.5, 0.6) is 5.75 Å². The minimum atomic E-state index is -0.131. The summed E-state index contributed by atoms with van der Waals surface area (Å²) in [4.78, 5) is 18.2. The Kier molecular flexibility index (Phi) is 5.55. The lowest BCUT2D eigenvalue weighted by atomic mass is 10.2. The number of benzene rings is 1. The number of amides is 1. The van der Waals surface area contributed by atoms with Crippen LogP contribution in [0.3, 0.4) is 0 Å². The molecule has 3 rings (SSSR count). The second-order valence-corrected chi connectivity index (χ2v) is 6.99. The molecule has 1 aromatic carbocycles. The van der Waals surface area contributed by atoms with Gasteiger partial charge in [-0.15, -0.1) is 0 Å². The zero-order chi connectivity index (χ0) is 17.8. The van der Waals surface area contributed by atoms with E-state index in [1.807, 2.05) is 18.2 Å². The zero-order valence-corrected chi connectivity index (χ0v) is 15.6. The Bertz CT molecular complexity index is 751. The number of aromatic nitrogens is 1. The lowest BCUT2D eigenvalue weighted by Crippen LogP contribution is -2.32. The van der Waals surface area contributed by atoms with Crippen molar-refractivity contribution in [3.8, 4) is 5.75 Å². The van der Waals surface area contributed by atoms with E-state index in [-0.39, 0.29) is 5.91 Å². The molecule has 1 atom stereocenters. The highest BCUT2D eigenvalue weighted by Gasteiger charge is 2.23. The molecule has 6 nitrogen and oxygen atoms in total. The molecule has 132 valence electrons. The monoisotopic (exact) mass is 404 g/mol. The topological polar surface area (TPSA) is 77.5 Å². The zero-order valence-electron chi connectivity index (χ0n) is 14.0. The lowest BCUT2D eigenvalue weighted by molar-refractivity contribution is 0.0962. The molecular formula is C18H21BrN4O2. The normalized spacial score (nSPS) is 16.9. The van der Waals surface area contributed by atoms with Gasteiger partial charge in [0, 0.05) is 49.0 Å². The number of nitrogens with one attached hydrogen (secondary N) is 2. The van der Waals surface area contributed by atoms with Crippen molar-refractivity contribution < 1.29 is 9.90 Å². The molecule has 0 saturated carbocycles. The van der Waals surface area contributed by atoms with E-state index in [2.05, 4.69) is 36.4 Å². The number of nitrogens with zero attached hydrogens (tertiary/aromatic N) is 2. The van der Waals surface area contributed by atoms with E-state index in [1.165, 1.54) is 0 Å². The van der Waals surface area contributed by atoms with Crippen molar-refractivity contribution in [2.24, 2.45) is 0 Å². The van der Waals surface area contributed by atoms with Gasteiger partial charge in [0.2, 0.25) is 0 Å². The fraction of sp³-hybridized carbons (Fsp3) is 0.333. The van der Waals surface area contributed by atoms with Gasteiger partial charge in [0.1, 0.15) is 11.6 Å². The fourth-order valence-corrected chi connectivity index (χ4v) is 3.35. The first kappa shape index (κ1) is 17.7. The molecule has 25 heavy (non-hydrogen) atoms. The summed E-state index contributed by atoms with van der Waals surface area (Å²) >= 11 is 3.43. The molecule has 2 heterocycles. The summed E-state index contributed by atoms with van der Waals surface area (Å²) in [6, 6.07) is 9.45. The van der Waals surface area contributed by atoms with Crippen molar-refractivity contribution >= 4 is 27.7 Å². The maximum Gasteiger partial charge on any atom is 0.252 e. The molecule has 1 aliphatic rings. The van der Waals surface area contributed by atoms with Gasteiger partial charge in [0.25, 0.3) is 5.91 Å². The quantitative estimate of drug-likeness (QED) is 0.712. The van der Waals surface area contributed by atoms with Crippen molar-refractivity contribution in [1.29, 1.82) is 0 Å². The Hall–Kier alpha value is -2.12. The first-order chi connectivity index (χ1) is 12.1. The molecule has 0 aliphatic carbocycles. The van der Waals surface area contributed by atoms with Crippen molar-refractivity contribution in [2.75, 3.05) is 25.0 Å². The second kappa shape index (κ2) is 7.84. The van der Waals surface area contributed by atoms with Crippen LogP contribution in [0.2, 0.25) is 0 Å². The van der Waals surface area contributed by atoms with E-state index in [1.54, 1.807) is 25.4 Å². The van der Waals surface area contributed by atoms with Gasteiger partial charge in [-0.2, -0.15) is 0 Å². The third-order valence-corrected chi connectivity index (χ3v) is 4.87. The Balaban J connectivity index is 1.56. The standard InChI is InChI=1S/C18H21BrN4O2/c1-20-18(25)12-2-5-17(22-9-12)23-7-6-15(11-23)21-10-13-8-14(19)3-4-16(13)24/h2-5,8-9,15,21,24H,6-7,10-11H2,1H3,(H,20,25)/t15-/m1/s1. The number of halogens is 1. The number of carbonyl (C=O) groups is 1. The van der Waals surface area contributed by atoms with Crippen LogP contribution in [0.15, 0.2) is 41.0 Å². The van der Waals surface area contributed by atoms with E-state index in [0.717, 1.165) is 35.4 Å². The number of phenolic OH excluding ortho intramolecular Hbond substituents is 1. The van der Waals surface area contributed by atoms with Crippen LogP contribution < -0.4 is 15.5 Å². The Morgan fingerprint density at radius 2 is 2.24 bits per heavy atom. The molecule has 0 radical (unpaired) electrons. The van der Waals surface area contributed by atoms with E-state index in [9.17, 15) is 9.90 Å². The van der Waals surface area contributed by atoms with Gasteiger partial charge in [-0.05, 0) is 36.8 Å². The van der Waals surface area contributed by atoms with Gasteiger partial charge in [0.15, 0.2) is 0 Å². The highest BCUT2D eigenvalue weighted by Crippen LogP contribution is 2.23. The molecule has 2 aromatic rings. The molecule has 0 unspecified atom stereocenters. The number of anilines is 1. The summed E-state index contributed by atoms with van der Waals surface area (Å²) in [7, 11) is 1.61. The Morgan fingerprint density at radius 3 is 2.96 bits per heavy atom. The van der Waals surface area contributed by atoms with Crippen LogP contribution in [0.25, 0.3) is 0 Å². The summed E-state index contributed by atoms with van der Waals surface area (Å²) < 4.78 is 0.954. The van der Waals surface area contributed by atoms with Crippen LogP contribution in [0, 0.1) is 0 Å². The molecule has 1 aromatic heterocycles. The number of phenols is 1. The average Bonchev–Trinajstić information content (AvgIpc) is 3.11. The van der Waals surface area contributed by atoms with E-state index in [0.29, 0.717) is 23.9 Å². The van der Waals surface area contributed by atoms with Crippen molar-refractivity contribution in [1.82, 2.24) is 15.6 Å². The Morgan fingerprint density at radius 1 is 1.40 bits per heavy atom. The first-order valence-electron chi connectivity index (χ1n) is 8.20. The molecular weight excluding hydrogens is 384 g/mol. The largest absolute Gasteiger partial charge is 0.508 e. The molecule has 1 saturated heterocycles. The lowest BCUT2D eigenvalue weighted by Gasteiger charge is -2.18. The average molecular weight is 405 g/mol. The van der Waals surface area contributed by atoms with Gasteiger partial charge >= 0.3 is 0 Å². The summed E-state index contributed by atoms with van der Waals surface area (Å²) in [5, 5.41) is 16.0. The number of carbonyl (C=O) groups excluding carboxylic acids is 1. The van der Waals surface area contributed by atoms with Crippen LogP contribution in [-0.2, 0) is 6.54 Å². The summed E-state index contributed by atoms with van der Waals surface area (Å²) in [5.74, 6) is 1.05. The second-order valence-electron chi connectivity index (χ2n) is 6.07. The maximum absolute atomic E-state index is 11.6. The van der Waals surface area contributed by atoms with E-state index < -0.39 is 0 Å². The van der Waals surface area contributed by atoms with E-state index in [4.69, 9.17) is 0 Å². The van der Waals surface area contributed by atoms with Crippen LogP contribution in [0.4, 0.5) is 5.82 Å². The molecule has 7 heteroatoms. The third-order valence-electron chi connectivity index (χ3n) is 4.37. The molecule has 1 fully saturated rings. The maximum atomic E-state index is 11.6. The SMILES string of the molecule is CNC(=O)c1ccc(N2CC[C@@H](NCc3cc(Br)ccc3O)C2)nc1.